The molecule has 0 heterocycles. The molecular formula is C40H58O3. The van der Waals surface area contributed by atoms with Gasteiger partial charge in [0.1, 0.15) is 0 Å². The predicted octanol–water partition coefficient (Wildman–Crippen LogP) is 10.3. The van der Waals surface area contributed by atoms with Gasteiger partial charge in [0.25, 0.3) is 0 Å². The fourth-order valence-electron chi connectivity index (χ4n) is 11.5. The molecule has 0 aromatic heterocycles. The van der Waals surface area contributed by atoms with Crippen LogP contribution in [-0.2, 0) is 14.3 Å². The van der Waals surface area contributed by atoms with Crippen molar-refractivity contribution in [3.63, 3.8) is 0 Å². The summed E-state index contributed by atoms with van der Waals surface area (Å²) in [7, 11) is 0. The van der Waals surface area contributed by atoms with E-state index in [1.165, 1.54) is 24.0 Å². The van der Waals surface area contributed by atoms with Crippen LogP contribution in [0.1, 0.15) is 132 Å². The lowest BCUT2D eigenvalue weighted by molar-refractivity contribution is -0.188. The molecule has 0 radical (unpaired) electrons. The van der Waals surface area contributed by atoms with Crippen LogP contribution in [0.4, 0.5) is 0 Å². The summed E-state index contributed by atoms with van der Waals surface area (Å²) >= 11 is 0. The van der Waals surface area contributed by atoms with Gasteiger partial charge in [-0.2, -0.15) is 0 Å². The van der Waals surface area contributed by atoms with Crippen molar-refractivity contribution in [1.82, 2.24) is 0 Å². The quantitative estimate of drug-likeness (QED) is 0.243. The van der Waals surface area contributed by atoms with Gasteiger partial charge in [-0.25, -0.2) is 0 Å². The van der Waals surface area contributed by atoms with E-state index in [0.29, 0.717) is 23.7 Å². The van der Waals surface area contributed by atoms with Crippen LogP contribution in [0, 0.1) is 57.2 Å². The van der Waals surface area contributed by atoms with Crippen molar-refractivity contribution in [2.75, 3.05) is 0 Å². The van der Waals surface area contributed by atoms with Crippen molar-refractivity contribution in [3.8, 4) is 0 Å². The molecule has 2 fully saturated rings. The first-order valence-corrected chi connectivity index (χ1v) is 17.8. The Bertz CT molecular complexity index is 1190. The number of carbonyl (C=O) groups is 2. The number of allylic oxidation sites excluding steroid dienone is 8. The Kier molecular flexibility index (Phi) is 7.86. The maximum atomic E-state index is 14.3. The maximum Gasteiger partial charge on any atom is 0.319 e. The highest BCUT2D eigenvalue weighted by Crippen LogP contribution is 2.64. The number of hydrogen-bond donors (Lipinski definition) is 0. The highest BCUT2D eigenvalue weighted by molar-refractivity contribution is 5.92. The molecule has 6 aliphatic carbocycles. The number of rotatable bonds is 4. The summed E-state index contributed by atoms with van der Waals surface area (Å²) in [5.74, 6) is 2.10. The van der Waals surface area contributed by atoms with Crippen LogP contribution in [0.2, 0.25) is 0 Å². The van der Waals surface area contributed by atoms with Crippen LogP contribution in [0.15, 0.2) is 46.6 Å². The van der Waals surface area contributed by atoms with E-state index >= 15 is 0 Å². The minimum atomic E-state index is -0.623. The Hall–Kier alpha value is -1.90. The minimum absolute atomic E-state index is 0.0688. The summed E-state index contributed by atoms with van der Waals surface area (Å²) in [6, 6.07) is 0. The van der Waals surface area contributed by atoms with Crippen molar-refractivity contribution < 1.29 is 14.3 Å². The zero-order chi connectivity index (χ0) is 30.9. The van der Waals surface area contributed by atoms with Gasteiger partial charge < -0.3 is 4.74 Å². The van der Waals surface area contributed by atoms with E-state index in [0.717, 1.165) is 64.2 Å². The number of hydrogen-bond acceptors (Lipinski definition) is 3. The second kappa shape index (κ2) is 10.9. The summed E-state index contributed by atoms with van der Waals surface area (Å²) < 4.78 is 6.15. The van der Waals surface area contributed by atoms with Crippen LogP contribution in [0.25, 0.3) is 0 Å². The maximum absolute atomic E-state index is 14.3. The average Bonchev–Trinajstić information content (AvgIpc) is 2.96. The summed E-state index contributed by atoms with van der Waals surface area (Å²) in [6.45, 7) is 18.4. The van der Waals surface area contributed by atoms with E-state index in [1.54, 1.807) is 11.1 Å². The van der Waals surface area contributed by atoms with Crippen LogP contribution in [0.3, 0.4) is 0 Å². The van der Waals surface area contributed by atoms with Crippen LogP contribution in [0.5, 0.6) is 0 Å². The van der Waals surface area contributed by atoms with Gasteiger partial charge in [-0.05, 0) is 136 Å². The minimum Gasteiger partial charge on any atom is -0.392 e. The molecule has 3 heteroatoms. The smallest absolute Gasteiger partial charge is 0.319 e. The number of ether oxygens (including phenoxy) is 1. The molecule has 2 saturated carbocycles. The highest BCUT2D eigenvalue weighted by atomic mass is 16.6. The topological polar surface area (TPSA) is 43.4 Å². The van der Waals surface area contributed by atoms with E-state index in [2.05, 4.69) is 79.7 Å². The molecular weight excluding hydrogens is 528 g/mol. The third-order valence-corrected chi connectivity index (χ3v) is 14.3. The first-order valence-electron chi connectivity index (χ1n) is 17.8. The van der Waals surface area contributed by atoms with Crippen molar-refractivity contribution in [2.24, 2.45) is 57.2 Å². The van der Waals surface area contributed by atoms with Crippen molar-refractivity contribution in [2.45, 2.75) is 132 Å². The molecule has 0 aliphatic heterocycles. The van der Waals surface area contributed by atoms with Gasteiger partial charge in [0.15, 0.2) is 0 Å². The lowest BCUT2D eigenvalue weighted by Gasteiger charge is -2.58. The summed E-state index contributed by atoms with van der Waals surface area (Å²) in [5, 5.41) is 0. The first kappa shape index (κ1) is 31.1. The SMILES string of the molecule is CC(C)C1=CC2=CCC3[C@](C)(C(=O)OC(=O)[C@]4(C)CCC[C@@]5(C)C4CC=C4C=C(C(C)C)CC[C@@H]45)CCC[C@]3(C)[C@H]2CC1. The zero-order valence-corrected chi connectivity index (χ0v) is 28.5. The largest absolute Gasteiger partial charge is 0.392 e. The van der Waals surface area contributed by atoms with E-state index in [4.69, 9.17) is 4.74 Å². The van der Waals surface area contributed by atoms with E-state index in [-0.39, 0.29) is 34.6 Å². The third kappa shape index (κ3) is 4.80. The monoisotopic (exact) mass is 586 g/mol. The Morgan fingerprint density at radius 3 is 1.44 bits per heavy atom. The molecule has 8 atom stereocenters. The normalized spacial score (nSPS) is 42.4. The van der Waals surface area contributed by atoms with E-state index in [9.17, 15) is 9.59 Å². The molecule has 0 spiro atoms. The molecule has 3 nitrogen and oxygen atoms in total. The molecule has 0 amide bonds. The van der Waals surface area contributed by atoms with Crippen LogP contribution < -0.4 is 0 Å². The molecule has 0 bridgehead atoms. The second-order valence-corrected chi connectivity index (χ2v) is 17.1. The highest BCUT2D eigenvalue weighted by Gasteiger charge is 2.61. The Balaban J connectivity index is 1.24. The van der Waals surface area contributed by atoms with Gasteiger partial charge in [-0.1, -0.05) is 89.8 Å². The van der Waals surface area contributed by atoms with Gasteiger partial charge >= 0.3 is 11.9 Å². The molecule has 2 unspecified atom stereocenters. The van der Waals surface area contributed by atoms with Crippen LogP contribution in [-0.4, -0.2) is 11.9 Å². The predicted molar refractivity (Wildman–Crippen MR) is 175 cm³/mol. The van der Waals surface area contributed by atoms with Gasteiger partial charge in [-0.3, -0.25) is 9.59 Å². The molecule has 0 aromatic rings. The Morgan fingerprint density at radius 2 is 1.07 bits per heavy atom. The molecule has 0 N–H and O–H groups in total. The van der Waals surface area contributed by atoms with Crippen LogP contribution >= 0.6 is 0 Å². The molecule has 236 valence electrons. The van der Waals surface area contributed by atoms with E-state index in [1.807, 2.05) is 0 Å². The fraction of sp³-hybridized carbons (Fsp3) is 0.750. The van der Waals surface area contributed by atoms with Crippen molar-refractivity contribution >= 4 is 11.9 Å². The lowest BCUT2D eigenvalue weighted by atomic mass is 9.46. The molecule has 6 aliphatic rings. The molecule has 43 heavy (non-hydrogen) atoms. The summed E-state index contributed by atoms with van der Waals surface area (Å²) in [5.41, 5.74) is 5.02. The van der Waals surface area contributed by atoms with Gasteiger partial charge in [-0.15, -0.1) is 0 Å². The fourth-order valence-corrected chi connectivity index (χ4v) is 11.5. The summed E-state index contributed by atoms with van der Waals surface area (Å²) in [6.07, 6.45) is 22.3. The van der Waals surface area contributed by atoms with E-state index < -0.39 is 10.8 Å². The molecule has 0 aromatic carbocycles. The molecule has 6 rings (SSSR count). The first-order chi connectivity index (χ1) is 20.2. The third-order valence-electron chi connectivity index (χ3n) is 14.3. The van der Waals surface area contributed by atoms with Crippen molar-refractivity contribution in [3.05, 3.63) is 46.6 Å². The average molecular weight is 587 g/mol. The number of esters is 2. The van der Waals surface area contributed by atoms with Gasteiger partial charge in [0.05, 0.1) is 10.8 Å². The Morgan fingerprint density at radius 1 is 0.674 bits per heavy atom. The molecule has 0 saturated heterocycles. The number of carbonyl (C=O) groups excluding carboxylic acids is 2. The van der Waals surface area contributed by atoms with Gasteiger partial charge in [0, 0.05) is 0 Å². The summed E-state index contributed by atoms with van der Waals surface area (Å²) in [4.78, 5) is 28.6. The number of fused-ring (bicyclic) bond motifs is 6. The Labute approximate surface area is 262 Å². The standard InChI is InChI=1S/C40H58O3/c1-25(2)27-11-15-31-29(23-27)13-17-33-37(31,5)19-9-21-39(33,7)35(41)43-36(42)40(8)22-10-20-38(6)32-16-12-28(26(3)4)24-30(32)14-18-34(38)40/h13-14,23-26,31-34H,9-12,15-22H2,1-8H3/t31-,32-,33?,34?,37+,38+,39+,40+/m0/s1. The van der Waals surface area contributed by atoms with Crippen molar-refractivity contribution in [1.29, 1.82) is 0 Å². The second-order valence-electron chi connectivity index (χ2n) is 17.1. The van der Waals surface area contributed by atoms with Gasteiger partial charge in [0.2, 0.25) is 0 Å². The lowest BCUT2D eigenvalue weighted by Crippen LogP contribution is -2.56. The zero-order valence-electron chi connectivity index (χ0n) is 28.5.